The van der Waals surface area contributed by atoms with Gasteiger partial charge in [-0.05, 0) is 159 Å². The van der Waals surface area contributed by atoms with Crippen LogP contribution in [-0.2, 0) is 66.8 Å². The molecule has 542 valence electrons. The van der Waals surface area contributed by atoms with Crippen LogP contribution in [0.15, 0.2) is 108 Å². The first-order valence-corrected chi connectivity index (χ1v) is 36.0. The third kappa shape index (κ3) is 11.8. The molecule has 0 unspecified atom stereocenters. The Kier molecular flexibility index (Phi) is 19.5. The van der Waals surface area contributed by atoms with Gasteiger partial charge in [0, 0.05) is 62.0 Å². The zero-order valence-electron chi connectivity index (χ0n) is 60.7. The number of rotatable bonds is 17. The minimum atomic E-state index is -2.53. The smallest absolute Gasteiger partial charge is 0.350 e. The summed E-state index contributed by atoms with van der Waals surface area (Å²) >= 11 is 0. The average Bonchev–Trinajstić information content (AvgIpc) is 0.678. The highest BCUT2D eigenvalue weighted by Crippen LogP contribution is 2.75. The van der Waals surface area contributed by atoms with E-state index in [-0.39, 0.29) is 111 Å². The molecule has 2 aromatic rings. The second-order valence-electron chi connectivity index (χ2n) is 33.5. The highest BCUT2D eigenvalue weighted by molar-refractivity contribution is 5.98. The van der Waals surface area contributed by atoms with Crippen molar-refractivity contribution in [3.63, 3.8) is 0 Å². The lowest BCUT2D eigenvalue weighted by Gasteiger charge is -2.70. The molecule has 20 nitrogen and oxygen atoms in total. The number of ether oxygens (including phenoxy) is 6. The highest BCUT2D eigenvalue weighted by Gasteiger charge is 2.79. The van der Waals surface area contributed by atoms with E-state index >= 15 is 14.4 Å². The molecular weight excluding hydrogens is 1280 g/mol. The van der Waals surface area contributed by atoms with Crippen LogP contribution in [0.4, 0.5) is 0 Å². The Morgan fingerprint density at radius 1 is 0.790 bits per heavy atom. The van der Waals surface area contributed by atoms with Crippen LogP contribution >= 0.6 is 0 Å². The third-order valence-electron chi connectivity index (χ3n) is 27.3. The molecule has 11 rings (SSSR count). The second-order valence-corrected chi connectivity index (χ2v) is 33.5. The summed E-state index contributed by atoms with van der Waals surface area (Å²) in [6.07, 6.45) is 0.116. The Morgan fingerprint density at radius 2 is 1.45 bits per heavy atom. The molecule has 0 spiro atoms. The topological polar surface area (TPSA) is 294 Å². The summed E-state index contributed by atoms with van der Waals surface area (Å²) in [7, 11) is 0. The molecule has 5 N–H and O–H groups in total. The zero-order valence-corrected chi connectivity index (χ0v) is 60.7. The van der Waals surface area contributed by atoms with Gasteiger partial charge in [0.1, 0.15) is 30.0 Å². The van der Waals surface area contributed by atoms with Crippen molar-refractivity contribution >= 4 is 53.2 Å². The van der Waals surface area contributed by atoms with E-state index in [2.05, 4.69) is 58.8 Å². The van der Waals surface area contributed by atoms with Gasteiger partial charge in [0.05, 0.1) is 35.7 Å². The van der Waals surface area contributed by atoms with E-state index in [1.807, 2.05) is 13.0 Å². The van der Waals surface area contributed by atoms with Crippen molar-refractivity contribution in [3.05, 3.63) is 119 Å². The number of hydrogen-bond acceptors (Lipinski definition) is 18. The van der Waals surface area contributed by atoms with E-state index in [0.717, 1.165) is 57.9 Å². The Hall–Kier alpha value is -7.13. The van der Waals surface area contributed by atoms with Crippen molar-refractivity contribution in [2.24, 2.45) is 67.0 Å². The molecule has 20 atom stereocenters. The number of amides is 2. The number of carbonyl (C=O) groups is 9. The van der Waals surface area contributed by atoms with Crippen LogP contribution in [0.3, 0.4) is 0 Å². The number of nitrogens with one attached hydrogen (secondary N) is 2. The largest absolute Gasteiger partial charge is 0.455 e. The number of aliphatic hydroxyl groups is 3. The number of carbonyl (C=O) groups excluding carboxylic acids is 9. The fourth-order valence-electron chi connectivity index (χ4n) is 21.2. The lowest BCUT2D eigenvalue weighted by molar-refractivity contribution is -0.347. The molecule has 1 saturated heterocycles. The minimum Gasteiger partial charge on any atom is -0.455 e. The van der Waals surface area contributed by atoms with Crippen molar-refractivity contribution in [1.29, 1.82) is 0 Å². The molecule has 7 fully saturated rings. The first kappa shape index (κ1) is 74.1. The number of esters is 5. The van der Waals surface area contributed by atoms with Crippen molar-refractivity contribution in [1.82, 2.24) is 10.6 Å². The summed E-state index contributed by atoms with van der Waals surface area (Å²) in [6, 6.07) is 15.0. The van der Waals surface area contributed by atoms with E-state index in [1.54, 1.807) is 81.4 Å². The molecule has 2 amide bonds. The molecular formula is C80H104N2O18. The van der Waals surface area contributed by atoms with Gasteiger partial charge in [0.15, 0.2) is 23.3 Å². The maximum absolute atomic E-state index is 16.0. The van der Waals surface area contributed by atoms with Crippen molar-refractivity contribution < 1.29 is 86.9 Å². The van der Waals surface area contributed by atoms with Crippen molar-refractivity contribution in [3.8, 4) is 0 Å². The van der Waals surface area contributed by atoms with Gasteiger partial charge in [-0.2, -0.15) is 0 Å². The molecule has 0 aromatic heterocycles. The van der Waals surface area contributed by atoms with Crippen LogP contribution in [0.25, 0.3) is 0 Å². The van der Waals surface area contributed by atoms with E-state index in [1.165, 1.54) is 26.0 Å². The van der Waals surface area contributed by atoms with Gasteiger partial charge in [-0.15, -0.1) is 0 Å². The molecule has 1 aliphatic heterocycles. The Labute approximate surface area is 587 Å². The van der Waals surface area contributed by atoms with Crippen LogP contribution in [0.5, 0.6) is 0 Å². The SMILES string of the molecule is C=C(/C=C\C)C(=O)O[C@H]1[C@@H]2[C@]3(OC(C)=O)CO[C@@H]3C[C@H](O)[C@@]2(C)C(=O)[C@H](OC(C)=O)C2=C(C)[C@@H](OC(=O)[C@H](OC(=O)CCCNC(=O)[C@@]3(C)CC[C@]4(C)CC[C@]5(C)C(=CC(=O)[C@@H]6[C@@]7(C)CC[C@H](O)C(C)(C)[C@@H]7CC[C@]65C)[C@@H]4C3)[C@@H](NC(=O)c3ccccc3)c3ccccc3)C[C@]1(O)C2(C)C. The van der Waals surface area contributed by atoms with Crippen LogP contribution < -0.4 is 10.6 Å². The summed E-state index contributed by atoms with van der Waals surface area (Å²) in [6.45, 7) is 29.1. The van der Waals surface area contributed by atoms with E-state index in [9.17, 15) is 44.1 Å². The van der Waals surface area contributed by atoms with Crippen molar-refractivity contribution in [2.45, 2.75) is 240 Å². The van der Waals surface area contributed by atoms with Gasteiger partial charge in [-0.25, -0.2) is 9.59 Å². The standard InChI is InChI=1S/C80H104N2O18/c1-16-24-44(2)68(91)99-66-64-78(15,56(87)40-57-79(64,43-95-57)100-47(5)84)65(89)61(96-46(4)83)59-45(3)53(42-80(66,94)72(59,8)9)97-69(92)62(60(48-25-19-17-20-26-48)82-67(90)49-27-21-18-22-28-49)98-58(88)29-23-38-81-70(93)74(11)35-34-73(10)36-37-76(13)50(51(73)41-74)39-52(85)63-75(12)32-31-55(86)71(6,7)54(75)30-33-77(63,76)14/h16-22,24-28,39,51,53-57,60-64,66,86-87,94H,2,23,29-38,40-43H2,1,3-15H3,(H,81,93)(H,82,90)/b24-16-/t51-,53-,54-,55-,56-,57+,60-,61+,62+,63+,64-,66-,73+,74-,75-,76+,77+,78+,79-,80+/m0/s1. The Morgan fingerprint density at radius 3 is 2.08 bits per heavy atom. The van der Waals surface area contributed by atoms with E-state index < -0.39 is 130 Å². The number of Topliss-reactive ketones (excluding diaryl/α,β-unsaturated/α-hetero) is 1. The monoisotopic (exact) mass is 1380 g/mol. The number of benzene rings is 2. The second kappa shape index (κ2) is 26.3. The zero-order chi connectivity index (χ0) is 73.0. The number of aliphatic hydroxyl groups excluding tert-OH is 2. The molecule has 6 saturated carbocycles. The lowest BCUT2D eigenvalue weighted by atomic mass is 9.33. The summed E-state index contributed by atoms with van der Waals surface area (Å²) in [5.41, 5.74) is -8.97. The van der Waals surface area contributed by atoms with E-state index in [4.69, 9.17) is 28.4 Å². The molecule has 0 radical (unpaired) electrons. The summed E-state index contributed by atoms with van der Waals surface area (Å²) in [4.78, 5) is 132. The van der Waals surface area contributed by atoms with Gasteiger partial charge in [0.25, 0.3) is 5.91 Å². The molecule has 20 heteroatoms. The quantitative estimate of drug-likeness (QED) is 0.0246. The number of hydrogen-bond donors (Lipinski definition) is 5. The number of ketones is 2. The fourth-order valence-corrected chi connectivity index (χ4v) is 21.2. The summed E-state index contributed by atoms with van der Waals surface area (Å²) in [5.74, 6) is -8.25. The normalized spacial score (nSPS) is 38.8. The van der Waals surface area contributed by atoms with E-state index in [0.29, 0.717) is 24.8 Å². The van der Waals surface area contributed by atoms with Crippen LogP contribution in [0.2, 0.25) is 0 Å². The van der Waals surface area contributed by atoms with Gasteiger partial charge >= 0.3 is 29.8 Å². The van der Waals surface area contributed by atoms with Crippen molar-refractivity contribution in [2.75, 3.05) is 13.2 Å². The minimum absolute atomic E-state index is 0.0347. The van der Waals surface area contributed by atoms with Gasteiger partial charge in [0.2, 0.25) is 12.0 Å². The first-order valence-electron chi connectivity index (χ1n) is 36.0. The molecule has 2 aromatic carbocycles. The molecule has 1 heterocycles. The maximum atomic E-state index is 16.0. The summed E-state index contributed by atoms with van der Waals surface area (Å²) < 4.78 is 37.4. The Bertz CT molecular complexity index is 3760. The molecule has 100 heavy (non-hydrogen) atoms. The molecule has 9 aliphatic rings. The maximum Gasteiger partial charge on any atom is 0.350 e. The van der Waals surface area contributed by atoms with Gasteiger partial charge in [-0.3, -0.25) is 33.6 Å². The van der Waals surface area contributed by atoms with Crippen LogP contribution in [-0.4, -0.2) is 136 Å². The highest BCUT2D eigenvalue weighted by atomic mass is 16.6. The predicted octanol–water partition coefficient (Wildman–Crippen LogP) is 10.3. The lowest BCUT2D eigenvalue weighted by Crippen LogP contribution is -2.82. The van der Waals surface area contributed by atoms with Crippen LogP contribution in [0, 0.1) is 67.0 Å². The Balaban J connectivity index is 0.890. The predicted molar refractivity (Wildman–Crippen MR) is 367 cm³/mol. The van der Waals surface area contributed by atoms with Gasteiger partial charge in [-0.1, -0.05) is 135 Å². The summed E-state index contributed by atoms with van der Waals surface area (Å²) in [5, 5.41) is 43.8. The number of allylic oxidation sites excluding steroid dienone is 3. The molecule has 8 aliphatic carbocycles. The first-order chi connectivity index (χ1) is 46.8. The number of fused-ring (bicyclic) bond motifs is 12. The fraction of sp³-hybridized carbons (Fsp3) is 0.637. The average molecular weight is 1380 g/mol. The third-order valence-corrected chi connectivity index (χ3v) is 27.3. The molecule has 2 bridgehead atoms. The van der Waals surface area contributed by atoms with Gasteiger partial charge < -0.3 is 54.4 Å². The van der Waals surface area contributed by atoms with Crippen LogP contribution in [0.1, 0.15) is 202 Å².